The van der Waals surface area contributed by atoms with Crippen molar-refractivity contribution < 1.29 is 9.90 Å². The maximum atomic E-state index is 12.2. The molecule has 6 N–H and O–H groups in total. The predicted molar refractivity (Wildman–Crippen MR) is 122 cm³/mol. The molecule has 2 aromatic rings. The zero-order chi connectivity index (χ0) is 22.2. The van der Waals surface area contributed by atoms with Gasteiger partial charge in [0.15, 0.2) is 6.23 Å². The van der Waals surface area contributed by atoms with Gasteiger partial charge in [-0.25, -0.2) is 4.98 Å². The second kappa shape index (κ2) is 10.7. The Hall–Kier alpha value is -3.17. The van der Waals surface area contributed by atoms with Crippen LogP contribution in [0.3, 0.4) is 0 Å². The number of carbonyl (C=O) groups is 1. The maximum absolute atomic E-state index is 12.2. The summed E-state index contributed by atoms with van der Waals surface area (Å²) in [7, 11) is 1.84. The van der Waals surface area contributed by atoms with Gasteiger partial charge in [0, 0.05) is 37.9 Å². The first-order chi connectivity index (χ1) is 15.0. The average Bonchev–Trinajstić information content (AvgIpc) is 2.76. The quantitative estimate of drug-likeness (QED) is 0.364. The van der Waals surface area contributed by atoms with Crippen LogP contribution in [-0.2, 0) is 6.54 Å². The molecule has 1 unspecified atom stereocenters. The van der Waals surface area contributed by atoms with Crippen LogP contribution in [0, 0.1) is 0 Å². The number of aromatic nitrogens is 2. The minimum atomic E-state index is -0.908. The number of nitrogen functional groups attached to an aromatic ring is 1. The standard InChI is InChI=1S/C22H31N7O2/c1-3-4-10-25-19-18-17(27-22(23)28-19)9-13-29(21(18)31)14-15-5-7-16(8-6-15)20(30)26-12-11-24-2/h5-9,13,21,24,31H,3-4,10-12,14H2,1-2H3,(H,26,30)(H3,23,25,27,28). The number of aliphatic hydroxyl groups is 1. The number of carbonyl (C=O) groups excluding carboxylic acids is 1. The number of amides is 1. The van der Waals surface area contributed by atoms with Crippen LogP contribution < -0.4 is 21.7 Å². The number of hydrogen-bond acceptors (Lipinski definition) is 8. The van der Waals surface area contributed by atoms with Gasteiger partial charge in [0.25, 0.3) is 5.91 Å². The number of nitrogens with one attached hydrogen (secondary N) is 3. The smallest absolute Gasteiger partial charge is 0.251 e. The Kier molecular flexibility index (Phi) is 7.80. The Morgan fingerprint density at radius 3 is 2.68 bits per heavy atom. The highest BCUT2D eigenvalue weighted by Gasteiger charge is 2.27. The Bertz CT molecular complexity index is 915. The van der Waals surface area contributed by atoms with Gasteiger partial charge in [-0.3, -0.25) is 4.79 Å². The van der Waals surface area contributed by atoms with Crippen molar-refractivity contribution in [1.29, 1.82) is 0 Å². The summed E-state index contributed by atoms with van der Waals surface area (Å²) in [6.45, 7) is 4.62. The van der Waals surface area contributed by atoms with Crippen molar-refractivity contribution in [1.82, 2.24) is 25.5 Å². The molecule has 0 saturated carbocycles. The third-order valence-corrected chi connectivity index (χ3v) is 5.05. The fourth-order valence-electron chi connectivity index (χ4n) is 3.33. The molecule has 1 aromatic carbocycles. The van der Waals surface area contributed by atoms with Crippen LogP contribution in [0.15, 0.2) is 30.5 Å². The highest BCUT2D eigenvalue weighted by Crippen LogP contribution is 2.33. The highest BCUT2D eigenvalue weighted by atomic mass is 16.3. The lowest BCUT2D eigenvalue weighted by molar-refractivity contribution is 0.0296. The molecule has 0 radical (unpaired) electrons. The molecule has 1 aromatic heterocycles. The lowest BCUT2D eigenvalue weighted by Gasteiger charge is -2.32. The van der Waals surface area contributed by atoms with E-state index in [1.165, 1.54) is 0 Å². The van der Waals surface area contributed by atoms with Gasteiger partial charge in [-0.15, -0.1) is 0 Å². The zero-order valence-electron chi connectivity index (χ0n) is 18.1. The molecule has 1 atom stereocenters. The van der Waals surface area contributed by atoms with Gasteiger partial charge in [0.05, 0.1) is 11.3 Å². The number of anilines is 2. The summed E-state index contributed by atoms with van der Waals surface area (Å²) in [6, 6.07) is 7.37. The second-order valence-corrected chi connectivity index (χ2v) is 7.43. The van der Waals surface area contributed by atoms with Crippen molar-refractivity contribution in [2.45, 2.75) is 32.5 Å². The minimum Gasteiger partial charge on any atom is -0.370 e. The summed E-state index contributed by atoms with van der Waals surface area (Å²) >= 11 is 0. The molecule has 1 aliphatic rings. The molecule has 0 aliphatic carbocycles. The molecule has 0 fully saturated rings. The van der Waals surface area contributed by atoms with Gasteiger partial charge in [-0.1, -0.05) is 25.5 Å². The van der Waals surface area contributed by atoms with E-state index in [9.17, 15) is 9.90 Å². The van der Waals surface area contributed by atoms with Crippen LogP contribution >= 0.6 is 0 Å². The van der Waals surface area contributed by atoms with Crippen LogP contribution in [0.5, 0.6) is 0 Å². The van der Waals surface area contributed by atoms with Crippen LogP contribution in [0.25, 0.3) is 6.08 Å². The predicted octanol–water partition coefficient (Wildman–Crippen LogP) is 1.70. The third-order valence-electron chi connectivity index (χ3n) is 5.05. The van der Waals surface area contributed by atoms with E-state index in [1.807, 2.05) is 25.3 Å². The molecule has 2 heterocycles. The number of fused-ring (bicyclic) bond motifs is 1. The van der Waals surface area contributed by atoms with E-state index in [1.54, 1.807) is 23.2 Å². The number of likely N-dealkylation sites (N-methyl/N-ethyl adjacent to an activating group) is 1. The van der Waals surface area contributed by atoms with E-state index in [0.29, 0.717) is 35.7 Å². The number of nitrogens with zero attached hydrogens (tertiary/aromatic N) is 3. The van der Waals surface area contributed by atoms with Gasteiger partial charge in [-0.05, 0) is 37.2 Å². The minimum absolute atomic E-state index is 0.105. The van der Waals surface area contributed by atoms with Gasteiger partial charge < -0.3 is 31.7 Å². The van der Waals surface area contributed by atoms with Crippen molar-refractivity contribution in [3.8, 4) is 0 Å². The normalized spacial score (nSPS) is 14.9. The lowest BCUT2D eigenvalue weighted by atomic mass is 10.1. The summed E-state index contributed by atoms with van der Waals surface area (Å²) in [6.07, 6.45) is 4.76. The van der Waals surface area contributed by atoms with Crippen molar-refractivity contribution in [2.24, 2.45) is 0 Å². The topological polar surface area (TPSA) is 128 Å². The largest absolute Gasteiger partial charge is 0.370 e. The highest BCUT2D eigenvalue weighted by molar-refractivity contribution is 5.94. The van der Waals surface area contributed by atoms with Crippen LogP contribution in [0.2, 0.25) is 0 Å². The Morgan fingerprint density at radius 2 is 1.97 bits per heavy atom. The molecule has 166 valence electrons. The number of aliphatic hydroxyl groups excluding tert-OH is 1. The molecule has 0 bridgehead atoms. The summed E-state index contributed by atoms with van der Waals surface area (Å²) in [4.78, 5) is 22.5. The lowest BCUT2D eigenvalue weighted by Crippen LogP contribution is -2.30. The Balaban J connectivity index is 1.70. The Labute approximate surface area is 182 Å². The van der Waals surface area contributed by atoms with E-state index in [0.717, 1.165) is 31.5 Å². The summed E-state index contributed by atoms with van der Waals surface area (Å²) in [5.74, 6) is 0.629. The molecule has 3 rings (SSSR count). The van der Waals surface area contributed by atoms with Crippen LogP contribution in [0.1, 0.15) is 53.2 Å². The number of nitrogens with two attached hydrogens (primary N) is 1. The van der Waals surface area contributed by atoms with E-state index in [2.05, 4.69) is 32.8 Å². The summed E-state index contributed by atoms with van der Waals surface area (Å²) in [5, 5.41) is 20.1. The van der Waals surface area contributed by atoms with Gasteiger partial charge in [0.2, 0.25) is 5.95 Å². The first-order valence-corrected chi connectivity index (χ1v) is 10.6. The van der Waals surface area contributed by atoms with Gasteiger partial charge >= 0.3 is 0 Å². The zero-order valence-corrected chi connectivity index (χ0v) is 18.1. The number of unbranched alkanes of at least 4 members (excludes halogenated alkanes) is 1. The van der Waals surface area contributed by atoms with Crippen molar-refractivity contribution in [3.05, 3.63) is 52.8 Å². The molecule has 31 heavy (non-hydrogen) atoms. The maximum Gasteiger partial charge on any atom is 0.251 e. The fourth-order valence-corrected chi connectivity index (χ4v) is 3.33. The molecule has 9 heteroatoms. The van der Waals surface area contributed by atoms with Crippen LogP contribution in [-0.4, -0.2) is 52.6 Å². The fraction of sp³-hybridized carbons (Fsp3) is 0.409. The second-order valence-electron chi connectivity index (χ2n) is 7.43. The molecule has 1 aliphatic heterocycles. The van der Waals surface area contributed by atoms with Crippen LogP contribution in [0.4, 0.5) is 11.8 Å². The number of benzene rings is 1. The van der Waals surface area contributed by atoms with Gasteiger partial charge in [-0.2, -0.15) is 4.98 Å². The van der Waals surface area contributed by atoms with Crippen molar-refractivity contribution in [3.63, 3.8) is 0 Å². The Morgan fingerprint density at radius 1 is 1.19 bits per heavy atom. The van der Waals surface area contributed by atoms with E-state index >= 15 is 0 Å². The molecule has 9 nitrogen and oxygen atoms in total. The molecule has 0 saturated heterocycles. The first-order valence-electron chi connectivity index (χ1n) is 10.6. The van der Waals surface area contributed by atoms with E-state index < -0.39 is 6.23 Å². The van der Waals surface area contributed by atoms with Gasteiger partial charge in [0.1, 0.15) is 5.82 Å². The van der Waals surface area contributed by atoms with E-state index in [4.69, 9.17) is 5.73 Å². The first kappa shape index (κ1) is 22.5. The monoisotopic (exact) mass is 425 g/mol. The third kappa shape index (κ3) is 5.71. The summed E-state index contributed by atoms with van der Waals surface area (Å²) in [5.41, 5.74) is 8.64. The molecular formula is C22H31N7O2. The average molecular weight is 426 g/mol. The van der Waals surface area contributed by atoms with E-state index in [-0.39, 0.29) is 11.9 Å². The number of hydrogen-bond donors (Lipinski definition) is 5. The number of rotatable bonds is 10. The summed E-state index contributed by atoms with van der Waals surface area (Å²) < 4.78 is 0. The molecule has 1 amide bonds. The SMILES string of the molecule is CCCCNc1nc(N)nc2c1C(O)N(Cc1ccc(C(=O)NCCNC)cc1)C=C2. The molecule has 0 spiro atoms. The molecular weight excluding hydrogens is 394 g/mol. The van der Waals surface area contributed by atoms with Crippen molar-refractivity contribution >= 4 is 23.7 Å². The van der Waals surface area contributed by atoms with Crippen molar-refractivity contribution in [2.75, 3.05) is 37.7 Å².